The van der Waals surface area contributed by atoms with Gasteiger partial charge in [-0.15, -0.1) is 0 Å². The molecular formula is C18H17F2NO3. The van der Waals surface area contributed by atoms with E-state index in [1.165, 1.54) is 6.07 Å². The van der Waals surface area contributed by atoms with E-state index in [2.05, 4.69) is 5.32 Å². The first-order valence-corrected chi connectivity index (χ1v) is 7.48. The zero-order valence-electron chi connectivity index (χ0n) is 13.1. The van der Waals surface area contributed by atoms with Crippen molar-refractivity contribution in [2.24, 2.45) is 0 Å². The number of hydrogen-bond donors (Lipinski definition) is 1. The van der Waals surface area contributed by atoms with Crippen LogP contribution in [0.1, 0.15) is 24.8 Å². The molecule has 1 amide bonds. The molecule has 0 saturated heterocycles. The van der Waals surface area contributed by atoms with E-state index in [-0.39, 0.29) is 0 Å². The van der Waals surface area contributed by atoms with Gasteiger partial charge in [-0.2, -0.15) is 0 Å². The highest BCUT2D eigenvalue weighted by atomic mass is 19.1. The lowest BCUT2D eigenvalue weighted by Crippen LogP contribution is -2.24. The second kappa shape index (κ2) is 8.19. The van der Waals surface area contributed by atoms with Gasteiger partial charge in [0.05, 0.1) is 5.92 Å². The van der Waals surface area contributed by atoms with Crippen molar-refractivity contribution in [3.63, 3.8) is 0 Å². The molecule has 0 aliphatic heterocycles. The molecule has 0 unspecified atom stereocenters. The Balaban J connectivity index is 1.94. The van der Waals surface area contributed by atoms with Gasteiger partial charge in [0.25, 0.3) is 5.91 Å². The molecule has 6 heteroatoms. The molecule has 0 saturated carbocycles. The molecule has 0 radical (unpaired) electrons. The van der Waals surface area contributed by atoms with E-state index < -0.39 is 41.7 Å². The number of benzene rings is 2. The number of esters is 1. The third-order valence-corrected chi connectivity index (χ3v) is 3.47. The van der Waals surface area contributed by atoms with E-state index in [1.807, 2.05) is 13.0 Å². The molecule has 4 nitrogen and oxygen atoms in total. The van der Waals surface area contributed by atoms with Crippen molar-refractivity contribution in [2.45, 2.75) is 19.3 Å². The fourth-order valence-electron chi connectivity index (χ4n) is 2.25. The number of carbonyl (C=O) groups excluding carboxylic acids is 2. The molecule has 24 heavy (non-hydrogen) atoms. The summed E-state index contributed by atoms with van der Waals surface area (Å²) >= 11 is 0. The largest absolute Gasteiger partial charge is 0.455 e. The smallest absolute Gasteiger partial charge is 0.313 e. The van der Waals surface area contributed by atoms with Gasteiger partial charge < -0.3 is 10.1 Å². The summed E-state index contributed by atoms with van der Waals surface area (Å²) in [5.74, 6) is -3.66. The fraction of sp³-hybridized carbons (Fsp3) is 0.222. The minimum atomic E-state index is -0.898. The van der Waals surface area contributed by atoms with Gasteiger partial charge >= 0.3 is 5.97 Å². The Hall–Kier alpha value is -2.76. The van der Waals surface area contributed by atoms with Gasteiger partial charge in [0.1, 0.15) is 17.3 Å². The predicted octanol–water partition coefficient (Wildman–Crippen LogP) is 3.64. The second-order valence-electron chi connectivity index (χ2n) is 5.12. The second-order valence-corrected chi connectivity index (χ2v) is 5.12. The highest BCUT2D eigenvalue weighted by Crippen LogP contribution is 2.21. The van der Waals surface area contributed by atoms with E-state index in [0.717, 1.165) is 17.7 Å². The fourth-order valence-corrected chi connectivity index (χ4v) is 2.25. The molecule has 0 aliphatic carbocycles. The number of carbonyl (C=O) groups is 2. The van der Waals surface area contributed by atoms with Crippen LogP contribution in [0, 0.1) is 11.6 Å². The van der Waals surface area contributed by atoms with Crippen molar-refractivity contribution in [2.75, 3.05) is 11.9 Å². The number of amides is 1. The predicted molar refractivity (Wildman–Crippen MR) is 85.4 cm³/mol. The first-order valence-electron chi connectivity index (χ1n) is 7.48. The van der Waals surface area contributed by atoms with Crippen LogP contribution in [0.2, 0.25) is 0 Å². The molecule has 0 bridgehead atoms. The van der Waals surface area contributed by atoms with Crippen LogP contribution < -0.4 is 5.32 Å². The van der Waals surface area contributed by atoms with E-state index in [4.69, 9.17) is 4.74 Å². The van der Waals surface area contributed by atoms with Gasteiger partial charge in [-0.05, 0) is 24.1 Å². The molecule has 0 spiro atoms. The van der Waals surface area contributed by atoms with Gasteiger partial charge in [-0.1, -0.05) is 43.3 Å². The van der Waals surface area contributed by atoms with Crippen molar-refractivity contribution >= 4 is 17.6 Å². The first-order chi connectivity index (χ1) is 11.5. The van der Waals surface area contributed by atoms with Crippen LogP contribution in [-0.2, 0) is 14.3 Å². The first kappa shape index (κ1) is 17.6. The lowest BCUT2D eigenvalue weighted by Gasteiger charge is -2.14. The Kier molecular flexibility index (Phi) is 6.01. The highest BCUT2D eigenvalue weighted by molar-refractivity contribution is 5.93. The Morgan fingerprint density at radius 1 is 1.04 bits per heavy atom. The maximum atomic E-state index is 13.5. The maximum absolute atomic E-state index is 13.5. The lowest BCUT2D eigenvalue weighted by molar-refractivity contribution is -0.149. The summed E-state index contributed by atoms with van der Waals surface area (Å²) in [6, 6.07) is 12.3. The molecule has 0 aromatic heterocycles. The van der Waals surface area contributed by atoms with Gasteiger partial charge in [-0.3, -0.25) is 9.59 Å². The molecule has 1 N–H and O–H groups in total. The average molecular weight is 333 g/mol. The molecule has 2 aromatic rings. The van der Waals surface area contributed by atoms with Crippen LogP contribution in [0.15, 0.2) is 48.5 Å². The number of nitrogens with one attached hydrogen (secondary N) is 1. The molecule has 2 aromatic carbocycles. The zero-order valence-corrected chi connectivity index (χ0v) is 13.1. The highest BCUT2D eigenvalue weighted by Gasteiger charge is 2.21. The average Bonchev–Trinajstić information content (AvgIpc) is 2.58. The van der Waals surface area contributed by atoms with E-state index >= 15 is 0 Å². The van der Waals surface area contributed by atoms with E-state index in [9.17, 15) is 18.4 Å². The number of hydrogen-bond acceptors (Lipinski definition) is 3. The summed E-state index contributed by atoms with van der Waals surface area (Å²) in [6.45, 7) is 1.21. The molecule has 126 valence electrons. The van der Waals surface area contributed by atoms with Crippen molar-refractivity contribution < 1.29 is 23.1 Å². The van der Waals surface area contributed by atoms with Crippen LogP contribution >= 0.6 is 0 Å². The number of ether oxygens (including phenoxy) is 1. The minimum Gasteiger partial charge on any atom is -0.455 e. The van der Waals surface area contributed by atoms with Crippen molar-refractivity contribution in [1.82, 2.24) is 0 Å². The normalized spacial score (nSPS) is 11.6. The Labute approximate surface area is 138 Å². The Morgan fingerprint density at radius 2 is 1.67 bits per heavy atom. The maximum Gasteiger partial charge on any atom is 0.313 e. The molecule has 0 fully saturated rings. The third kappa shape index (κ3) is 4.38. The summed E-state index contributed by atoms with van der Waals surface area (Å²) in [4.78, 5) is 23.9. The van der Waals surface area contributed by atoms with Gasteiger partial charge in [-0.25, -0.2) is 8.78 Å². The van der Waals surface area contributed by atoms with Crippen LogP contribution in [0.5, 0.6) is 0 Å². The topological polar surface area (TPSA) is 55.4 Å². The minimum absolute atomic E-state index is 0.496. The summed E-state index contributed by atoms with van der Waals surface area (Å²) in [6.07, 6.45) is 0.506. The molecule has 0 heterocycles. The van der Waals surface area contributed by atoms with Crippen LogP contribution in [0.4, 0.5) is 14.5 Å². The van der Waals surface area contributed by atoms with Crippen LogP contribution in [-0.4, -0.2) is 18.5 Å². The third-order valence-electron chi connectivity index (χ3n) is 3.47. The molecule has 2 rings (SSSR count). The number of halogens is 2. The van der Waals surface area contributed by atoms with E-state index in [1.54, 1.807) is 24.3 Å². The standard InChI is InChI=1S/C18H17F2NO3/c1-2-13(12-7-4-3-5-8-12)18(23)24-11-16(22)21-17-14(19)9-6-10-15(17)20/h3-10,13H,2,11H2,1H3,(H,21,22)/t13-/m1/s1. The van der Waals surface area contributed by atoms with Gasteiger partial charge in [0, 0.05) is 0 Å². The monoisotopic (exact) mass is 333 g/mol. The van der Waals surface area contributed by atoms with Crippen molar-refractivity contribution in [3.05, 3.63) is 65.7 Å². The summed E-state index contributed by atoms with van der Waals surface area (Å²) in [5, 5.41) is 2.06. The van der Waals surface area contributed by atoms with Crippen LogP contribution in [0.25, 0.3) is 0 Å². The van der Waals surface area contributed by atoms with E-state index in [0.29, 0.717) is 6.42 Å². The Morgan fingerprint density at radius 3 is 2.25 bits per heavy atom. The summed E-state index contributed by atoms with van der Waals surface area (Å²) < 4.78 is 31.9. The molecular weight excluding hydrogens is 316 g/mol. The van der Waals surface area contributed by atoms with Crippen molar-refractivity contribution in [3.8, 4) is 0 Å². The number of para-hydroxylation sites is 1. The quantitative estimate of drug-likeness (QED) is 0.821. The summed E-state index contributed by atoms with van der Waals surface area (Å²) in [5.41, 5.74) is 0.221. The Bertz CT molecular complexity index is 699. The summed E-state index contributed by atoms with van der Waals surface area (Å²) in [7, 11) is 0. The van der Waals surface area contributed by atoms with Gasteiger partial charge in [0.15, 0.2) is 6.61 Å². The number of rotatable bonds is 6. The lowest BCUT2D eigenvalue weighted by atomic mass is 9.97. The molecule has 0 aliphatic rings. The zero-order chi connectivity index (χ0) is 17.5. The van der Waals surface area contributed by atoms with Gasteiger partial charge in [0.2, 0.25) is 0 Å². The number of anilines is 1. The van der Waals surface area contributed by atoms with Crippen LogP contribution in [0.3, 0.4) is 0 Å². The SMILES string of the molecule is CC[C@@H](C(=O)OCC(=O)Nc1c(F)cccc1F)c1ccccc1. The molecule has 1 atom stereocenters. The van der Waals surface area contributed by atoms with Crippen molar-refractivity contribution in [1.29, 1.82) is 0 Å².